The van der Waals surface area contributed by atoms with Gasteiger partial charge in [-0.15, -0.1) is 0 Å². The molecule has 0 bridgehead atoms. The monoisotopic (exact) mass is 250 g/mol. The molecule has 1 aliphatic heterocycles. The quantitative estimate of drug-likeness (QED) is 0.851. The van der Waals surface area contributed by atoms with E-state index in [1.165, 1.54) is 0 Å². The molecule has 1 saturated heterocycles. The first-order valence-corrected chi connectivity index (χ1v) is 6.66. The van der Waals surface area contributed by atoms with Crippen LogP contribution in [0.15, 0.2) is 12.4 Å². The average molecular weight is 250 g/mol. The highest BCUT2D eigenvalue weighted by Crippen LogP contribution is 2.09. The first kappa shape index (κ1) is 13.2. The van der Waals surface area contributed by atoms with Crippen molar-refractivity contribution in [2.75, 3.05) is 31.2 Å². The molecule has 0 spiro atoms. The number of rotatable bonds is 5. The van der Waals surface area contributed by atoms with Crippen molar-refractivity contribution < 1.29 is 4.74 Å². The van der Waals surface area contributed by atoms with Crippen molar-refractivity contribution in [1.29, 1.82) is 0 Å². The molecule has 18 heavy (non-hydrogen) atoms. The number of anilines is 1. The maximum Gasteiger partial charge on any atom is 0.225 e. The Morgan fingerprint density at radius 3 is 2.61 bits per heavy atom. The van der Waals surface area contributed by atoms with E-state index in [9.17, 15) is 0 Å². The van der Waals surface area contributed by atoms with E-state index in [4.69, 9.17) is 4.74 Å². The fourth-order valence-corrected chi connectivity index (χ4v) is 1.80. The Kier molecular flexibility index (Phi) is 4.90. The fourth-order valence-electron chi connectivity index (χ4n) is 1.80. The maximum atomic E-state index is 5.31. The van der Waals surface area contributed by atoms with Gasteiger partial charge in [-0.05, 0) is 13.3 Å². The second-order valence-electron chi connectivity index (χ2n) is 4.68. The smallest absolute Gasteiger partial charge is 0.225 e. The zero-order chi connectivity index (χ0) is 12.8. The number of aromatic nitrogens is 2. The van der Waals surface area contributed by atoms with Crippen LogP contribution in [0.3, 0.4) is 0 Å². The number of nitrogens with one attached hydrogen (secondary N) is 1. The highest BCUT2D eigenvalue weighted by Gasteiger charge is 2.13. The summed E-state index contributed by atoms with van der Waals surface area (Å²) in [6, 6.07) is 0.531. The summed E-state index contributed by atoms with van der Waals surface area (Å²) in [6.07, 6.45) is 4.95. The maximum absolute atomic E-state index is 5.31. The minimum absolute atomic E-state index is 0.531. The Labute approximate surface area is 109 Å². The second kappa shape index (κ2) is 6.66. The average Bonchev–Trinajstić information content (AvgIpc) is 2.46. The lowest BCUT2D eigenvalue weighted by atomic mass is 10.2. The van der Waals surface area contributed by atoms with Gasteiger partial charge >= 0.3 is 0 Å². The molecule has 0 aromatic carbocycles. The Hall–Kier alpha value is -1.20. The molecule has 1 unspecified atom stereocenters. The summed E-state index contributed by atoms with van der Waals surface area (Å²) in [5, 5.41) is 3.43. The van der Waals surface area contributed by atoms with Gasteiger partial charge in [0, 0.05) is 43.6 Å². The standard InChI is InChI=1S/C13H22N4O/c1-3-11(2)14-8-12-9-15-13(16-10-12)17-4-6-18-7-5-17/h9-11,14H,3-8H2,1-2H3. The minimum Gasteiger partial charge on any atom is -0.378 e. The van der Waals surface area contributed by atoms with Crippen LogP contribution in [-0.2, 0) is 11.3 Å². The molecule has 1 fully saturated rings. The van der Waals surface area contributed by atoms with Crippen molar-refractivity contribution in [3.05, 3.63) is 18.0 Å². The first-order valence-electron chi connectivity index (χ1n) is 6.66. The van der Waals surface area contributed by atoms with Gasteiger partial charge in [0.05, 0.1) is 13.2 Å². The topological polar surface area (TPSA) is 50.3 Å². The third kappa shape index (κ3) is 3.65. The fraction of sp³-hybridized carbons (Fsp3) is 0.692. The molecule has 1 N–H and O–H groups in total. The van der Waals surface area contributed by atoms with E-state index in [0.29, 0.717) is 6.04 Å². The predicted octanol–water partition coefficient (Wildman–Crippen LogP) is 1.20. The van der Waals surface area contributed by atoms with Crippen molar-refractivity contribution in [2.24, 2.45) is 0 Å². The SMILES string of the molecule is CCC(C)NCc1cnc(N2CCOCC2)nc1. The third-order valence-electron chi connectivity index (χ3n) is 3.25. The Morgan fingerprint density at radius 2 is 2.00 bits per heavy atom. The van der Waals surface area contributed by atoms with E-state index in [-0.39, 0.29) is 0 Å². The molecule has 5 heteroatoms. The molecular formula is C13H22N4O. The Bertz CT molecular complexity index is 349. The molecule has 5 nitrogen and oxygen atoms in total. The van der Waals surface area contributed by atoms with E-state index >= 15 is 0 Å². The normalized spacial score (nSPS) is 17.8. The molecule has 100 valence electrons. The van der Waals surface area contributed by atoms with Crippen LogP contribution in [0.25, 0.3) is 0 Å². The van der Waals surface area contributed by atoms with Crippen LogP contribution >= 0.6 is 0 Å². The third-order valence-corrected chi connectivity index (χ3v) is 3.25. The van der Waals surface area contributed by atoms with Crippen LogP contribution in [0.5, 0.6) is 0 Å². The van der Waals surface area contributed by atoms with Crippen LogP contribution in [0.4, 0.5) is 5.95 Å². The first-order chi connectivity index (χ1) is 8.79. The molecule has 2 heterocycles. The summed E-state index contributed by atoms with van der Waals surface area (Å²) in [7, 11) is 0. The van der Waals surface area contributed by atoms with Gasteiger partial charge in [-0.1, -0.05) is 6.92 Å². The van der Waals surface area contributed by atoms with E-state index in [0.717, 1.165) is 50.8 Å². The van der Waals surface area contributed by atoms with Crippen molar-refractivity contribution in [1.82, 2.24) is 15.3 Å². The van der Waals surface area contributed by atoms with Crippen molar-refractivity contribution in [3.8, 4) is 0 Å². The van der Waals surface area contributed by atoms with Gasteiger partial charge in [0.25, 0.3) is 0 Å². The van der Waals surface area contributed by atoms with Gasteiger partial charge in [-0.25, -0.2) is 9.97 Å². The predicted molar refractivity (Wildman–Crippen MR) is 71.7 cm³/mol. The molecule has 0 radical (unpaired) electrons. The summed E-state index contributed by atoms with van der Waals surface area (Å²) < 4.78 is 5.31. The zero-order valence-corrected chi connectivity index (χ0v) is 11.2. The lowest BCUT2D eigenvalue weighted by molar-refractivity contribution is 0.122. The summed E-state index contributed by atoms with van der Waals surface area (Å²) in [6.45, 7) is 8.48. The van der Waals surface area contributed by atoms with Gasteiger partial charge in [-0.2, -0.15) is 0 Å². The van der Waals surface area contributed by atoms with Crippen LogP contribution in [0.2, 0.25) is 0 Å². The molecule has 0 amide bonds. The van der Waals surface area contributed by atoms with Crippen LogP contribution in [-0.4, -0.2) is 42.3 Å². The van der Waals surface area contributed by atoms with Gasteiger partial charge in [-0.3, -0.25) is 0 Å². The summed E-state index contributed by atoms with van der Waals surface area (Å²) >= 11 is 0. The molecule has 2 rings (SSSR count). The highest BCUT2D eigenvalue weighted by atomic mass is 16.5. The lowest BCUT2D eigenvalue weighted by Crippen LogP contribution is -2.37. The van der Waals surface area contributed by atoms with Gasteiger partial charge in [0.15, 0.2) is 0 Å². The van der Waals surface area contributed by atoms with Gasteiger partial charge in [0.2, 0.25) is 5.95 Å². The van der Waals surface area contributed by atoms with E-state index in [2.05, 4.69) is 34.0 Å². The van der Waals surface area contributed by atoms with Crippen molar-refractivity contribution in [2.45, 2.75) is 32.9 Å². The Balaban J connectivity index is 1.88. The van der Waals surface area contributed by atoms with Gasteiger partial charge in [0.1, 0.15) is 0 Å². The molecule has 0 aliphatic carbocycles. The molecule has 1 atom stereocenters. The molecule has 0 saturated carbocycles. The zero-order valence-electron chi connectivity index (χ0n) is 11.2. The van der Waals surface area contributed by atoms with E-state index < -0.39 is 0 Å². The number of hydrogen-bond acceptors (Lipinski definition) is 5. The van der Waals surface area contributed by atoms with E-state index in [1.807, 2.05) is 12.4 Å². The molecular weight excluding hydrogens is 228 g/mol. The minimum atomic E-state index is 0.531. The number of morpholine rings is 1. The van der Waals surface area contributed by atoms with E-state index in [1.54, 1.807) is 0 Å². The van der Waals surface area contributed by atoms with Crippen molar-refractivity contribution >= 4 is 5.95 Å². The Morgan fingerprint density at radius 1 is 1.33 bits per heavy atom. The second-order valence-corrected chi connectivity index (χ2v) is 4.68. The molecule has 1 aromatic heterocycles. The van der Waals surface area contributed by atoms with Crippen LogP contribution in [0, 0.1) is 0 Å². The van der Waals surface area contributed by atoms with Crippen molar-refractivity contribution in [3.63, 3.8) is 0 Å². The number of hydrogen-bond donors (Lipinski definition) is 1. The van der Waals surface area contributed by atoms with Gasteiger partial charge < -0.3 is 15.0 Å². The van der Waals surface area contributed by atoms with Crippen LogP contribution < -0.4 is 10.2 Å². The largest absolute Gasteiger partial charge is 0.378 e. The summed E-state index contributed by atoms with van der Waals surface area (Å²) in [4.78, 5) is 11.0. The number of ether oxygens (including phenoxy) is 1. The number of nitrogens with zero attached hydrogens (tertiary/aromatic N) is 3. The lowest BCUT2D eigenvalue weighted by Gasteiger charge is -2.26. The van der Waals surface area contributed by atoms with Crippen LogP contribution in [0.1, 0.15) is 25.8 Å². The molecule has 1 aliphatic rings. The molecule has 1 aromatic rings. The summed E-state index contributed by atoms with van der Waals surface area (Å²) in [5.41, 5.74) is 1.13. The highest BCUT2D eigenvalue weighted by molar-refractivity contribution is 5.30. The summed E-state index contributed by atoms with van der Waals surface area (Å²) in [5.74, 6) is 0.811.